The highest BCUT2D eigenvalue weighted by Crippen LogP contribution is 2.31. The van der Waals surface area contributed by atoms with Crippen LogP contribution in [0.15, 0.2) is 77.7 Å². The maximum absolute atomic E-state index is 12.9. The Hall–Kier alpha value is -3.03. The summed E-state index contributed by atoms with van der Waals surface area (Å²) < 4.78 is 37.5. The zero-order valence-corrected chi connectivity index (χ0v) is 17.3. The third-order valence-corrected chi connectivity index (χ3v) is 6.20. The van der Waals surface area contributed by atoms with Crippen molar-refractivity contribution in [3.63, 3.8) is 0 Å². The van der Waals surface area contributed by atoms with Gasteiger partial charge in [0.05, 0.1) is 23.3 Å². The zero-order chi connectivity index (χ0) is 21.0. The maximum Gasteiger partial charge on any atom is 0.343 e. The summed E-state index contributed by atoms with van der Waals surface area (Å²) in [4.78, 5) is 12.3. The number of carbonyl (C=O) groups is 1. The van der Waals surface area contributed by atoms with Crippen molar-refractivity contribution in [3.05, 3.63) is 83.4 Å². The van der Waals surface area contributed by atoms with Crippen LogP contribution in [0.4, 0.5) is 5.69 Å². The topological polar surface area (TPSA) is 72.9 Å². The molecular formula is C21H18ClNO5S. The molecule has 3 rings (SSSR count). The molecule has 0 spiro atoms. The molecule has 3 aromatic carbocycles. The summed E-state index contributed by atoms with van der Waals surface area (Å²) in [5.41, 5.74) is 0.614. The van der Waals surface area contributed by atoms with E-state index >= 15 is 0 Å². The highest BCUT2D eigenvalue weighted by atomic mass is 35.5. The average molecular weight is 432 g/mol. The molecule has 3 aromatic rings. The summed E-state index contributed by atoms with van der Waals surface area (Å²) in [5.74, 6) is 0.115. The Labute approximate surface area is 174 Å². The summed E-state index contributed by atoms with van der Waals surface area (Å²) in [6, 6.07) is 18.7. The molecule has 6 nitrogen and oxygen atoms in total. The molecule has 0 atom stereocenters. The third kappa shape index (κ3) is 4.52. The van der Waals surface area contributed by atoms with Gasteiger partial charge in [-0.1, -0.05) is 29.8 Å². The van der Waals surface area contributed by atoms with Crippen molar-refractivity contribution >= 4 is 33.3 Å². The fourth-order valence-electron chi connectivity index (χ4n) is 2.64. The Kier molecular flexibility index (Phi) is 6.10. The smallest absolute Gasteiger partial charge is 0.343 e. The van der Waals surface area contributed by atoms with Crippen LogP contribution in [-0.2, 0) is 10.0 Å². The summed E-state index contributed by atoms with van der Waals surface area (Å²) in [6.07, 6.45) is 0. The molecule has 0 amide bonds. The summed E-state index contributed by atoms with van der Waals surface area (Å²) >= 11 is 5.88. The third-order valence-electron chi connectivity index (χ3n) is 4.18. The molecule has 0 fully saturated rings. The normalized spacial score (nSPS) is 11.0. The van der Waals surface area contributed by atoms with Crippen LogP contribution < -0.4 is 13.8 Å². The first-order valence-corrected chi connectivity index (χ1v) is 10.3. The zero-order valence-electron chi connectivity index (χ0n) is 15.7. The van der Waals surface area contributed by atoms with Gasteiger partial charge in [0.15, 0.2) is 0 Å². The second kappa shape index (κ2) is 8.55. The molecule has 0 radical (unpaired) electrons. The van der Waals surface area contributed by atoms with E-state index in [2.05, 4.69) is 0 Å². The minimum absolute atomic E-state index is 0.0326. The van der Waals surface area contributed by atoms with Crippen LogP contribution >= 0.6 is 11.6 Å². The second-order valence-corrected chi connectivity index (χ2v) is 8.42. The maximum atomic E-state index is 12.9. The van der Waals surface area contributed by atoms with E-state index in [1.54, 1.807) is 42.5 Å². The van der Waals surface area contributed by atoms with Gasteiger partial charge in [0.1, 0.15) is 11.5 Å². The number of benzene rings is 3. The van der Waals surface area contributed by atoms with E-state index in [1.165, 1.54) is 44.5 Å². The number of halogens is 1. The van der Waals surface area contributed by atoms with Crippen LogP contribution in [0.3, 0.4) is 0 Å². The molecule has 0 aromatic heterocycles. The first-order valence-electron chi connectivity index (χ1n) is 8.52. The highest BCUT2D eigenvalue weighted by Gasteiger charge is 2.24. The van der Waals surface area contributed by atoms with Crippen molar-refractivity contribution in [1.29, 1.82) is 0 Å². The van der Waals surface area contributed by atoms with Crippen molar-refractivity contribution in [2.75, 3.05) is 18.5 Å². The number of hydrogen-bond donors (Lipinski definition) is 0. The Balaban J connectivity index is 1.82. The van der Waals surface area contributed by atoms with Crippen LogP contribution in [0.25, 0.3) is 0 Å². The van der Waals surface area contributed by atoms with Crippen molar-refractivity contribution in [3.8, 4) is 11.5 Å². The van der Waals surface area contributed by atoms with Crippen LogP contribution in [0.1, 0.15) is 10.4 Å². The van der Waals surface area contributed by atoms with E-state index in [4.69, 9.17) is 21.1 Å². The van der Waals surface area contributed by atoms with Crippen LogP contribution in [-0.4, -0.2) is 28.5 Å². The fourth-order valence-corrected chi connectivity index (χ4v) is 4.02. The lowest BCUT2D eigenvalue weighted by molar-refractivity contribution is 0.0734. The number of nitrogens with zero attached hydrogens (tertiary/aromatic N) is 1. The van der Waals surface area contributed by atoms with Crippen molar-refractivity contribution in [1.82, 2.24) is 0 Å². The Morgan fingerprint density at radius 3 is 2.31 bits per heavy atom. The van der Waals surface area contributed by atoms with Gasteiger partial charge >= 0.3 is 5.97 Å². The van der Waals surface area contributed by atoms with Gasteiger partial charge < -0.3 is 9.47 Å². The largest absolute Gasteiger partial charge is 0.495 e. The number of para-hydroxylation sites is 2. The average Bonchev–Trinajstić information content (AvgIpc) is 2.73. The quantitative estimate of drug-likeness (QED) is 0.427. The van der Waals surface area contributed by atoms with E-state index < -0.39 is 16.0 Å². The van der Waals surface area contributed by atoms with E-state index in [9.17, 15) is 13.2 Å². The molecule has 0 N–H and O–H groups in total. The first-order chi connectivity index (χ1) is 13.8. The highest BCUT2D eigenvalue weighted by molar-refractivity contribution is 7.92. The number of sulfonamides is 1. The number of anilines is 1. The Bertz CT molecular complexity index is 1130. The number of esters is 1. The molecule has 0 saturated heterocycles. The number of rotatable bonds is 6. The number of methoxy groups -OCH3 is 1. The number of hydrogen-bond acceptors (Lipinski definition) is 5. The van der Waals surface area contributed by atoms with Crippen LogP contribution in [0, 0.1) is 0 Å². The molecule has 0 heterocycles. The lowest BCUT2D eigenvalue weighted by Gasteiger charge is -2.21. The Morgan fingerprint density at radius 2 is 1.66 bits per heavy atom. The lowest BCUT2D eigenvalue weighted by atomic mass is 10.2. The molecule has 29 heavy (non-hydrogen) atoms. The lowest BCUT2D eigenvalue weighted by Crippen LogP contribution is -2.27. The van der Waals surface area contributed by atoms with Crippen molar-refractivity contribution in [2.24, 2.45) is 0 Å². The van der Waals surface area contributed by atoms with E-state index in [0.717, 1.165) is 4.31 Å². The van der Waals surface area contributed by atoms with Crippen LogP contribution in [0.5, 0.6) is 11.5 Å². The molecule has 0 aliphatic rings. The van der Waals surface area contributed by atoms with Crippen LogP contribution in [0.2, 0.25) is 5.02 Å². The van der Waals surface area contributed by atoms with Gasteiger partial charge in [-0.3, -0.25) is 4.31 Å². The fraction of sp³-hybridized carbons (Fsp3) is 0.0952. The van der Waals surface area contributed by atoms with Gasteiger partial charge in [-0.05, 0) is 54.6 Å². The summed E-state index contributed by atoms with van der Waals surface area (Å²) in [7, 11) is -0.937. The van der Waals surface area contributed by atoms with Gasteiger partial charge in [0.25, 0.3) is 10.0 Å². The second-order valence-electron chi connectivity index (χ2n) is 6.02. The molecule has 150 valence electrons. The van der Waals surface area contributed by atoms with Gasteiger partial charge in [-0.2, -0.15) is 0 Å². The molecule has 0 bridgehead atoms. The standard InChI is InChI=1S/C21H18ClNO5S/c1-23(19-8-3-4-9-20(19)27-2)29(25,26)18-12-10-15(11-13-18)21(24)28-17-7-5-6-16(22)14-17/h3-14H,1-2H3. The molecule has 0 aliphatic heterocycles. The predicted octanol–water partition coefficient (Wildman–Crippen LogP) is 4.39. The number of carbonyl (C=O) groups excluding carboxylic acids is 1. The summed E-state index contributed by atoms with van der Waals surface area (Å²) in [5, 5.41) is 0.441. The summed E-state index contributed by atoms with van der Waals surface area (Å²) in [6.45, 7) is 0. The van der Waals surface area contributed by atoms with Gasteiger partial charge in [0.2, 0.25) is 0 Å². The predicted molar refractivity (Wildman–Crippen MR) is 111 cm³/mol. The molecule has 0 aliphatic carbocycles. The van der Waals surface area contributed by atoms with E-state index in [0.29, 0.717) is 22.2 Å². The minimum Gasteiger partial charge on any atom is -0.495 e. The molecule has 0 unspecified atom stereocenters. The van der Waals surface area contributed by atoms with Gasteiger partial charge in [0, 0.05) is 12.1 Å². The van der Waals surface area contributed by atoms with Crippen molar-refractivity contribution in [2.45, 2.75) is 4.90 Å². The SMILES string of the molecule is COc1ccccc1N(C)S(=O)(=O)c1ccc(C(=O)Oc2cccc(Cl)c2)cc1. The van der Waals surface area contributed by atoms with E-state index in [1.807, 2.05) is 0 Å². The Morgan fingerprint density at radius 1 is 0.966 bits per heavy atom. The van der Waals surface area contributed by atoms with Gasteiger partial charge in [-0.25, -0.2) is 13.2 Å². The van der Waals surface area contributed by atoms with E-state index in [-0.39, 0.29) is 10.5 Å². The first kappa shape index (κ1) is 20.7. The molecule has 8 heteroatoms. The van der Waals surface area contributed by atoms with Crippen molar-refractivity contribution < 1.29 is 22.7 Å². The monoisotopic (exact) mass is 431 g/mol. The minimum atomic E-state index is -3.85. The van der Waals surface area contributed by atoms with Gasteiger partial charge in [-0.15, -0.1) is 0 Å². The molecular weight excluding hydrogens is 414 g/mol. The molecule has 0 saturated carbocycles. The number of ether oxygens (including phenoxy) is 2.